The fourth-order valence-corrected chi connectivity index (χ4v) is 3.79. The summed E-state index contributed by atoms with van der Waals surface area (Å²) < 4.78 is 6.27. The van der Waals surface area contributed by atoms with Crippen molar-refractivity contribution < 1.29 is 9.53 Å². The van der Waals surface area contributed by atoms with Crippen LogP contribution in [0.3, 0.4) is 0 Å². The summed E-state index contributed by atoms with van der Waals surface area (Å²) >= 11 is 0. The van der Waals surface area contributed by atoms with Crippen LogP contribution in [0.5, 0.6) is 0 Å². The van der Waals surface area contributed by atoms with E-state index in [4.69, 9.17) is 4.74 Å². The molecule has 0 unspecified atom stereocenters. The number of hydrogen-bond donors (Lipinski definition) is 1. The molecule has 3 nitrogen and oxygen atoms in total. The Morgan fingerprint density at radius 1 is 0.792 bits per heavy atom. The summed E-state index contributed by atoms with van der Waals surface area (Å²) in [6, 6.07) is 20.3. The van der Waals surface area contributed by atoms with Crippen molar-refractivity contribution in [2.45, 2.75) is 36.7 Å². The molecule has 124 valence electrons. The lowest BCUT2D eigenvalue weighted by molar-refractivity contribution is -0.167. The van der Waals surface area contributed by atoms with Crippen molar-refractivity contribution in [3.63, 3.8) is 0 Å². The number of ether oxygens (including phenoxy) is 1. The van der Waals surface area contributed by atoms with Gasteiger partial charge in [-0.2, -0.15) is 0 Å². The van der Waals surface area contributed by atoms with Crippen LogP contribution in [-0.2, 0) is 20.5 Å². The fourth-order valence-electron chi connectivity index (χ4n) is 3.79. The molecule has 1 saturated heterocycles. The van der Waals surface area contributed by atoms with Gasteiger partial charge >= 0.3 is 5.97 Å². The van der Waals surface area contributed by atoms with E-state index in [1.165, 1.54) is 0 Å². The molecule has 0 bridgehead atoms. The molecule has 2 aliphatic rings. The number of rotatable bonds is 4. The SMILES string of the molecule is O=C(OC1(c2ccccc2)CCNCC1)C1(c2ccccc2)CC1. The Morgan fingerprint density at radius 2 is 1.33 bits per heavy atom. The predicted octanol–water partition coefficient (Wildman–Crippen LogP) is 3.54. The Kier molecular flexibility index (Phi) is 3.89. The third-order valence-corrected chi connectivity index (χ3v) is 5.47. The summed E-state index contributed by atoms with van der Waals surface area (Å²) in [5.41, 5.74) is 1.29. The van der Waals surface area contributed by atoms with Crippen LogP contribution >= 0.6 is 0 Å². The molecule has 1 N–H and O–H groups in total. The molecule has 2 aromatic rings. The van der Waals surface area contributed by atoms with Crippen LogP contribution in [0, 0.1) is 0 Å². The highest BCUT2D eigenvalue weighted by molar-refractivity contribution is 5.87. The number of esters is 1. The lowest BCUT2D eigenvalue weighted by Crippen LogP contribution is -2.44. The van der Waals surface area contributed by atoms with Gasteiger partial charge in [-0.15, -0.1) is 0 Å². The van der Waals surface area contributed by atoms with E-state index in [1.807, 2.05) is 48.5 Å². The second-order valence-electron chi connectivity index (χ2n) is 6.95. The third kappa shape index (κ3) is 2.63. The quantitative estimate of drug-likeness (QED) is 0.875. The molecule has 2 aromatic carbocycles. The number of hydrogen-bond acceptors (Lipinski definition) is 3. The molecule has 24 heavy (non-hydrogen) atoms. The van der Waals surface area contributed by atoms with E-state index in [-0.39, 0.29) is 5.97 Å². The zero-order valence-electron chi connectivity index (χ0n) is 13.8. The summed E-state index contributed by atoms with van der Waals surface area (Å²) in [6.45, 7) is 1.75. The first kappa shape index (κ1) is 15.4. The summed E-state index contributed by atoms with van der Waals surface area (Å²) in [4.78, 5) is 13.1. The van der Waals surface area contributed by atoms with Crippen molar-refractivity contribution in [2.24, 2.45) is 0 Å². The zero-order valence-corrected chi connectivity index (χ0v) is 13.8. The smallest absolute Gasteiger partial charge is 0.317 e. The van der Waals surface area contributed by atoms with Crippen molar-refractivity contribution in [3.8, 4) is 0 Å². The van der Waals surface area contributed by atoms with E-state index in [1.54, 1.807) is 0 Å². The number of carbonyl (C=O) groups excluding carboxylic acids is 1. The largest absolute Gasteiger partial charge is 0.453 e. The molecule has 0 radical (unpaired) electrons. The molecule has 1 heterocycles. The van der Waals surface area contributed by atoms with Crippen molar-refractivity contribution >= 4 is 5.97 Å². The van der Waals surface area contributed by atoms with Crippen LogP contribution in [-0.4, -0.2) is 19.1 Å². The first-order chi connectivity index (χ1) is 11.8. The van der Waals surface area contributed by atoms with Crippen LogP contribution < -0.4 is 5.32 Å². The van der Waals surface area contributed by atoms with E-state index in [0.717, 1.165) is 49.9 Å². The van der Waals surface area contributed by atoms with Gasteiger partial charge in [0, 0.05) is 12.8 Å². The highest BCUT2D eigenvalue weighted by Crippen LogP contribution is 2.51. The minimum Gasteiger partial charge on any atom is -0.453 e. The average Bonchev–Trinajstić information content (AvgIpc) is 3.46. The first-order valence-corrected chi connectivity index (χ1v) is 8.81. The number of benzene rings is 2. The highest BCUT2D eigenvalue weighted by Gasteiger charge is 2.55. The van der Waals surface area contributed by atoms with Crippen molar-refractivity contribution in [1.82, 2.24) is 5.32 Å². The van der Waals surface area contributed by atoms with Gasteiger partial charge in [-0.1, -0.05) is 60.7 Å². The Hall–Kier alpha value is -2.13. The molecular formula is C21H23NO2. The Labute approximate surface area is 143 Å². The Balaban J connectivity index is 1.63. The normalized spacial score (nSPS) is 21.0. The van der Waals surface area contributed by atoms with Crippen LogP contribution in [0.25, 0.3) is 0 Å². The highest BCUT2D eigenvalue weighted by atomic mass is 16.6. The van der Waals surface area contributed by atoms with Gasteiger partial charge in [0.05, 0.1) is 5.41 Å². The second kappa shape index (κ2) is 6.06. The monoisotopic (exact) mass is 321 g/mol. The molecule has 1 aliphatic carbocycles. The van der Waals surface area contributed by atoms with Gasteiger partial charge in [0.2, 0.25) is 0 Å². The molecule has 0 atom stereocenters. The maximum absolute atomic E-state index is 13.1. The van der Waals surface area contributed by atoms with Crippen LogP contribution in [0.4, 0.5) is 0 Å². The van der Waals surface area contributed by atoms with Crippen molar-refractivity contribution in [1.29, 1.82) is 0 Å². The number of nitrogens with one attached hydrogen (secondary N) is 1. The Morgan fingerprint density at radius 3 is 1.88 bits per heavy atom. The average molecular weight is 321 g/mol. The van der Waals surface area contributed by atoms with Gasteiger partial charge in [0.25, 0.3) is 0 Å². The lowest BCUT2D eigenvalue weighted by Gasteiger charge is -2.38. The molecule has 0 amide bonds. The molecule has 2 fully saturated rings. The van der Waals surface area contributed by atoms with Gasteiger partial charge in [0.15, 0.2) is 0 Å². The fraction of sp³-hybridized carbons (Fsp3) is 0.381. The Bertz CT molecular complexity index is 701. The molecule has 0 aromatic heterocycles. The van der Waals surface area contributed by atoms with Gasteiger partial charge < -0.3 is 10.1 Å². The van der Waals surface area contributed by atoms with E-state index < -0.39 is 11.0 Å². The molecule has 0 spiro atoms. The standard InChI is InChI=1S/C21H23NO2/c23-19(20(11-12-20)17-7-3-1-4-8-17)24-21(13-15-22-16-14-21)18-9-5-2-6-10-18/h1-10,22H,11-16H2. The van der Waals surface area contributed by atoms with E-state index in [2.05, 4.69) is 17.4 Å². The summed E-state index contributed by atoms with van der Waals surface area (Å²) in [6.07, 6.45) is 3.43. The van der Waals surface area contributed by atoms with Gasteiger partial charge in [0.1, 0.15) is 5.60 Å². The maximum atomic E-state index is 13.1. The first-order valence-electron chi connectivity index (χ1n) is 8.81. The van der Waals surface area contributed by atoms with Gasteiger partial charge in [-0.3, -0.25) is 4.79 Å². The predicted molar refractivity (Wildman–Crippen MR) is 93.7 cm³/mol. The second-order valence-corrected chi connectivity index (χ2v) is 6.95. The van der Waals surface area contributed by atoms with Gasteiger partial charge in [-0.25, -0.2) is 0 Å². The summed E-state index contributed by atoms with van der Waals surface area (Å²) in [5.74, 6) is -0.0561. The summed E-state index contributed by atoms with van der Waals surface area (Å²) in [5, 5.41) is 3.38. The van der Waals surface area contributed by atoms with Crippen LogP contribution in [0.2, 0.25) is 0 Å². The van der Waals surface area contributed by atoms with Crippen molar-refractivity contribution in [2.75, 3.05) is 13.1 Å². The van der Waals surface area contributed by atoms with Gasteiger partial charge in [-0.05, 0) is 37.1 Å². The maximum Gasteiger partial charge on any atom is 0.317 e. The van der Waals surface area contributed by atoms with Crippen LogP contribution in [0.1, 0.15) is 36.8 Å². The zero-order chi connectivity index (χ0) is 16.5. The minimum atomic E-state index is -0.492. The number of piperidine rings is 1. The van der Waals surface area contributed by atoms with E-state index >= 15 is 0 Å². The van der Waals surface area contributed by atoms with Crippen molar-refractivity contribution in [3.05, 3.63) is 71.8 Å². The topological polar surface area (TPSA) is 38.3 Å². The van der Waals surface area contributed by atoms with E-state index in [0.29, 0.717) is 0 Å². The molecular weight excluding hydrogens is 298 g/mol. The molecule has 3 heteroatoms. The van der Waals surface area contributed by atoms with E-state index in [9.17, 15) is 4.79 Å². The lowest BCUT2D eigenvalue weighted by atomic mass is 9.84. The van der Waals surface area contributed by atoms with Crippen LogP contribution in [0.15, 0.2) is 60.7 Å². The molecule has 1 saturated carbocycles. The number of carbonyl (C=O) groups is 1. The summed E-state index contributed by atoms with van der Waals surface area (Å²) in [7, 11) is 0. The molecule has 1 aliphatic heterocycles. The third-order valence-electron chi connectivity index (χ3n) is 5.47. The molecule has 4 rings (SSSR count). The minimum absolute atomic E-state index is 0.0561.